The van der Waals surface area contributed by atoms with Crippen LogP contribution in [-0.4, -0.2) is 24.2 Å². The summed E-state index contributed by atoms with van der Waals surface area (Å²) >= 11 is 0. The summed E-state index contributed by atoms with van der Waals surface area (Å²) in [5.74, 6) is 1.01. The Labute approximate surface area is 201 Å². The third-order valence-corrected chi connectivity index (χ3v) is 7.52. The maximum absolute atomic E-state index is 11.1. The van der Waals surface area contributed by atoms with Crippen LogP contribution in [0.2, 0.25) is 0 Å². The van der Waals surface area contributed by atoms with Gasteiger partial charge in [-0.3, -0.25) is 4.79 Å². The summed E-state index contributed by atoms with van der Waals surface area (Å²) in [6.07, 6.45) is 3.02. The highest BCUT2D eigenvalue weighted by Crippen LogP contribution is 2.39. The zero-order valence-electron chi connectivity index (χ0n) is 18.1. The molecule has 2 N–H and O–H groups in total. The van der Waals surface area contributed by atoms with Crippen molar-refractivity contribution in [3.05, 3.63) is 85.5 Å². The molecule has 0 saturated heterocycles. The molecule has 0 saturated carbocycles. The zero-order valence-corrected chi connectivity index (χ0v) is 19.8. The third kappa shape index (κ3) is 6.46. The van der Waals surface area contributed by atoms with Gasteiger partial charge in [0.2, 0.25) is 5.91 Å². The number of ether oxygens (including phenoxy) is 1. The topological polar surface area (TPSA) is 58.6 Å². The minimum atomic E-state index is -0.139. The number of unbranched alkanes of at least 4 members (excludes halogenated alkanes) is 1. The van der Waals surface area contributed by atoms with Crippen LogP contribution in [0.15, 0.2) is 95.2 Å². The molecule has 0 heterocycles. The van der Waals surface area contributed by atoms with E-state index < -0.39 is 0 Å². The lowest BCUT2D eigenvalue weighted by atomic mass is 10.1. The minimum absolute atomic E-state index is 0.139. The molecule has 0 radical (unpaired) electrons. The lowest BCUT2D eigenvalue weighted by Gasteiger charge is -2.09. The van der Waals surface area contributed by atoms with Crippen LogP contribution in [0, 0.1) is 0 Å². The van der Waals surface area contributed by atoms with E-state index in [1.54, 1.807) is 33.7 Å². The van der Waals surface area contributed by atoms with Gasteiger partial charge in [0.05, 0.1) is 6.61 Å². The second-order valence-electron chi connectivity index (χ2n) is 7.58. The molecule has 0 spiro atoms. The molecular formula is C27H25NO3S2. The van der Waals surface area contributed by atoms with E-state index in [1.165, 1.54) is 21.3 Å². The highest BCUT2D eigenvalue weighted by Gasteiger charge is 2.04. The van der Waals surface area contributed by atoms with Gasteiger partial charge in [0.25, 0.3) is 0 Å². The Morgan fingerprint density at radius 1 is 0.848 bits per heavy atom. The SMILES string of the molecule is C=CC(=O)NCCCCOc1ccc2cc(SSc3ccc4cc(O)ccc4c3)ccc2c1. The average Bonchev–Trinajstić information content (AvgIpc) is 2.84. The molecule has 0 bridgehead atoms. The number of nitrogens with one attached hydrogen (secondary N) is 1. The van der Waals surface area contributed by atoms with Gasteiger partial charge in [-0.05, 0) is 89.0 Å². The molecule has 0 atom stereocenters. The van der Waals surface area contributed by atoms with Crippen molar-refractivity contribution in [2.24, 2.45) is 0 Å². The minimum Gasteiger partial charge on any atom is -0.508 e. The van der Waals surface area contributed by atoms with Gasteiger partial charge >= 0.3 is 0 Å². The van der Waals surface area contributed by atoms with Crippen LogP contribution in [0.25, 0.3) is 21.5 Å². The van der Waals surface area contributed by atoms with E-state index in [0.717, 1.165) is 34.7 Å². The number of fused-ring (bicyclic) bond motifs is 2. The van der Waals surface area contributed by atoms with E-state index in [0.29, 0.717) is 13.2 Å². The van der Waals surface area contributed by atoms with Gasteiger partial charge in [0.1, 0.15) is 11.5 Å². The first-order valence-corrected chi connectivity index (χ1v) is 12.9. The van der Waals surface area contributed by atoms with E-state index in [-0.39, 0.29) is 11.7 Å². The van der Waals surface area contributed by atoms with Gasteiger partial charge in [0.15, 0.2) is 0 Å². The molecule has 4 nitrogen and oxygen atoms in total. The van der Waals surface area contributed by atoms with E-state index in [1.807, 2.05) is 18.2 Å². The molecule has 0 aromatic heterocycles. The third-order valence-electron chi connectivity index (χ3n) is 5.14. The summed E-state index contributed by atoms with van der Waals surface area (Å²) in [6.45, 7) is 4.68. The Hall–Kier alpha value is -3.09. The number of carbonyl (C=O) groups is 1. The molecule has 1 amide bonds. The quantitative estimate of drug-likeness (QED) is 0.147. The van der Waals surface area contributed by atoms with Crippen molar-refractivity contribution in [2.75, 3.05) is 13.2 Å². The van der Waals surface area contributed by atoms with Crippen molar-refractivity contribution >= 4 is 49.0 Å². The van der Waals surface area contributed by atoms with Crippen molar-refractivity contribution in [1.82, 2.24) is 5.32 Å². The molecule has 0 fully saturated rings. The molecular weight excluding hydrogens is 450 g/mol. The van der Waals surface area contributed by atoms with Crippen molar-refractivity contribution < 1.29 is 14.6 Å². The van der Waals surface area contributed by atoms with E-state index in [9.17, 15) is 9.90 Å². The molecule has 0 aliphatic rings. The van der Waals surface area contributed by atoms with Gasteiger partial charge in [-0.15, -0.1) is 0 Å². The van der Waals surface area contributed by atoms with Crippen LogP contribution < -0.4 is 10.1 Å². The van der Waals surface area contributed by atoms with Crippen LogP contribution in [0.5, 0.6) is 11.5 Å². The molecule has 0 aliphatic carbocycles. The van der Waals surface area contributed by atoms with E-state index >= 15 is 0 Å². The normalized spacial score (nSPS) is 10.9. The number of benzene rings is 4. The number of aromatic hydroxyl groups is 1. The highest BCUT2D eigenvalue weighted by atomic mass is 33.1. The van der Waals surface area contributed by atoms with Crippen LogP contribution in [0.3, 0.4) is 0 Å². The summed E-state index contributed by atoms with van der Waals surface area (Å²) in [5, 5.41) is 16.9. The fourth-order valence-corrected chi connectivity index (χ4v) is 5.39. The predicted molar refractivity (Wildman–Crippen MR) is 139 cm³/mol. The van der Waals surface area contributed by atoms with Crippen LogP contribution in [0.4, 0.5) is 0 Å². The van der Waals surface area contributed by atoms with Gasteiger partial charge in [-0.2, -0.15) is 0 Å². The van der Waals surface area contributed by atoms with Crippen molar-refractivity contribution in [1.29, 1.82) is 0 Å². The van der Waals surface area contributed by atoms with Crippen LogP contribution in [-0.2, 0) is 4.79 Å². The first-order valence-electron chi connectivity index (χ1n) is 10.7. The Morgan fingerprint density at radius 2 is 1.45 bits per heavy atom. The number of hydrogen-bond acceptors (Lipinski definition) is 5. The van der Waals surface area contributed by atoms with Gasteiger partial charge in [-0.1, -0.05) is 52.4 Å². The second kappa shape index (κ2) is 11.2. The molecule has 0 unspecified atom stereocenters. The number of amides is 1. The maximum atomic E-state index is 11.1. The first kappa shape index (κ1) is 23.1. The molecule has 168 valence electrons. The number of carbonyl (C=O) groups excluding carboxylic acids is 1. The van der Waals surface area contributed by atoms with Crippen molar-refractivity contribution in [2.45, 2.75) is 22.6 Å². The average molecular weight is 476 g/mol. The summed E-state index contributed by atoms with van der Waals surface area (Å²) < 4.78 is 5.87. The number of hydrogen-bond donors (Lipinski definition) is 2. The van der Waals surface area contributed by atoms with Crippen LogP contribution >= 0.6 is 21.6 Å². The molecule has 6 heteroatoms. The lowest BCUT2D eigenvalue weighted by molar-refractivity contribution is -0.116. The van der Waals surface area contributed by atoms with Gasteiger partial charge in [-0.25, -0.2) is 0 Å². The summed E-state index contributed by atoms with van der Waals surface area (Å²) in [4.78, 5) is 13.5. The molecule has 4 rings (SSSR count). The van der Waals surface area contributed by atoms with Crippen molar-refractivity contribution in [3.63, 3.8) is 0 Å². The van der Waals surface area contributed by atoms with Crippen molar-refractivity contribution in [3.8, 4) is 11.5 Å². The standard InChI is InChI=1S/C27H25NO3S2/c1-2-27(30)28-13-3-4-14-31-24-10-6-22-18-26(12-8-20(22)16-24)33-32-25-11-7-19-15-23(29)9-5-21(19)17-25/h2,5-12,15-18,29H,1,3-4,13-14H2,(H,28,30). The highest BCUT2D eigenvalue weighted by molar-refractivity contribution is 8.76. The van der Waals surface area contributed by atoms with Gasteiger partial charge < -0.3 is 15.2 Å². The molecule has 4 aromatic carbocycles. The van der Waals surface area contributed by atoms with E-state index in [4.69, 9.17) is 4.74 Å². The lowest BCUT2D eigenvalue weighted by Crippen LogP contribution is -2.22. The Bertz CT molecular complexity index is 1290. The summed E-state index contributed by atoms with van der Waals surface area (Å²) in [5.41, 5.74) is 0. The monoisotopic (exact) mass is 475 g/mol. The molecule has 33 heavy (non-hydrogen) atoms. The Balaban J connectivity index is 1.30. The van der Waals surface area contributed by atoms with Gasteiger partial charge in [0, 0.05) is 16.3 Å². The van der Waals surface area contributed by atoms with Crippen LogP contribution in [0.1, 0.15) is 12.8 Å². The smallest absolute Gasteiger partial charge is 0.243 e. The number of phenolic OH excluding ortho intramolecular Hbond substituents is 1. The number of rotatable bonds is 10. The fourth-order valence-electron chi connectivity index (χ4n) is 3.40. The molecule has 4 aromatic rings. The predicted octanol–water partition coefficient (Wildman–Crippen LogP) is 6.96. The Kier molecular flexibility index (Phi) is 7.81. The number of phenols is 1. The Morgan fingerprint density at radius 3 is 2.15 bits per heavy atom. The zero-order chi connectivity index (χ0) is 23.0. The largest absolute Gasteiger partial charge is 0.508 e. The summed E-state index contributed by atoms with van der Waals surface area (Å²) in [7, 11) is 3.45. The first-order chi connectivity index (χ1) is 16.1. The second-order valence-corrected chi connectivity index (χ2v) is 9.86. The van der Waals surface area contributed by atoms with E-state index in [2.05, 4.69) is 54.4 Å². The fraction of sp³-hybridized carbons (Fsp3) is 0.148. The maximum Gasteiger partial charge on any atom is 0.243 e. The molecule has 0 aliphatic heterocycles. The summed E-state index contributed by atoms with van der Waals surface area (Å²) in [6, 6.07) is 24.3.